The first kappa shape index (κ1) is 16.9. The minimum atomic E-state index is -0.391. The van der Waals surface area contributed by atoms with E-state index in [2.05, 4.69) is 20.8 Å². The smallest absolute Gasteiger partial charge is 0.286 e. The third-order valence-corrected chi connectivity index (χ3v) is 4.58. The Morgan fingerprint density at radius 2 is 1.88 bits per heavy atom. The third-order valence-electron chi connectivity index (χ3n) is 3.61. The highest BCUT2D eigenvalue weighted by atomic mass is 32.1. The first-order chi connectivity index (χ1) is 12.0. The highest BCUT2D eigenvalue weighted by Crippen LogP contribution is 2.28. The van der Waals surface area contributed by atoms with Gasteiger partial charge in [0.15, 0.2) is 0 Å². The van der Waals surface area contributed by atoms with Gasteiger partial charge in [-0.2, -0.15) is 0 Å². The number of hydrazine groups is 1. The minimum Gasteiger partial charge on any atom is -0.357 e. The Labute approximate surface area is 149 Å². The molecule has 3 rings (SSSR count). The molecule has 0 radical (unpaired) electrons. The Kier molecular flexibility index (Phi) is 4.95. The molecular weight excluding hydrogens is 336 g/mol. The first-order valence-corrected chi connectivity index (χ1v) is 8.60. The van der Waals surface area contributed by atoms with Crippen molar-refractivity contribution in [1.29, 1.82) is 0 Å². The van der Waals surface area contributed by atoms with Gasteiger partial charge in [-0.3, -0.25) is 20.4 Å². The molecule has 0 aliphatic rings. The summed E-state index contributed by atoms with van der Waals surface area (Å²) in [6, 6.07) is 11.4. The normalized spacial score (nSPS) is 10.5. The van der Waals surface area contributed by atoms with Crippen molar-refractivity contribution in [3.63, 3.8) is 0 Å². The fourth-order valence-electron chi connectivity index (χ4n) is 2.38. The Morgan fingerprint density at radius 3 is 2.56 bits per heavy atom. The zero-order chi connectivity index (χ0) is 17.8. The zero-order valence-corrected chi connectivity index (χ0v) is 14.7. The van der Waals surface area contributed by atoms with Gasteiger partial charge in [0.1, 0.15) is 5.69 Å². The highest BCUT2D eigenvalue weighted by molar-refractivity contribution is 7.12. The average molecular weight is 354 g/mol. The van der Waals surface area contributed by atoms with Crippen molar-refractivity contribution in [2.24, 2.45) is 0 Å². The predicted octanol–water partition coefficient (Wildman–Crippen LogP) is 2.76. The Bertz CT molecular complexity index is 882. The second-order valence-electron chi connectivity index (χ2n) is 5.63. The summed E-state index contributed by atoms with van der Waals surface area (Å²) in [5.74, 6) is -0.686. The predicted molar refractivity (Wildman–Crippen MR) is 97.1 cm³/mol. The number of thiazole rings is 1. The first-order valence-electron chi connectivity index (χ1n) is 7.79. The quantitative estimate of drug-likeness (QED) is 0.630. The van der Waals surface area contributed by atoms with Crippen LogP contribution >= 0.6 is 11.3 Å². The van der Waals surface area contributed by atoms with Crippen molar-refractivity contribution >= 4 is 23.2 Å². The molecule has 2 heterocycles. The van der Waals surface area contributed by atoms with Crippen LogP contribution in [0.1, 0.15) is 25.9 Å². The maximum atomic E-state index is 12.2. The van der Waals surface area contributed by atoms with E-state index >= 15 is 0 Å². The number of nitrogens with zero attached hydrogens (tertiary/aromatic N) is 1. The molecule has 2 aromatic heterocycles. The van der Waals surface area contributed by atoms with Crippen LogP contribution in [0.5, 0.6) is 0 Å². The van der Waals surface area contributed by atoms with Gasteiger partial charge in [-0.05, 0) is 26.0 Å². The molecular formula is C18H18N4O2S. The molecule has 0 atom stereocenters. The number of carbonyl (C=O) groups excluding carboxylic acids is 2. The summed E-state index contributed by atoms with van der Waals surface area (Å²) in [6.07, 6.45) is 1.80. The van der Waals surface area contributed by atoms with Crippen molar-refractivity contribution in [3.05, 3.63) is 63.7 Å². The van der Waals surface area contributed by atoms with E-state index in [0.717, 1.165) is 21.1 Å². The lowest BCUT2D eigenvalue weighted by atomic mass is 10.1. The molecule has 0 saturated heterocycles. The van der Waals surface area contributed by atoms with Crippen LogP contribution in [0.25, 0.3) is 11.3 Å². The molecule has 3 aromatic rings. The van der Waals surface area contributed by atoms with Crippen molar-refractivity contribution in [2.45, 2.75) is 20.3 Å². The number of aromatic nitrogens is 2. The summed E-state index contributed by atoms with van der Waals surface area (Å²) >= 11 is 1.48. The number of hydrogen-bond donors (Lipinski definition) is 3. The molecule has 0 bridgehead atoms. The second kappa shape index (κ2) is 7.31. The number of hydrogen-bond acceptors (Lipinski definition) is 4. The van der Waals surface area contributed by atoms with E-state index in [1.807, 2.05) is 38.1 Å². The van der Waals surface area contributed by atoms with Gasteiger partial charge >= 0.3 is 0 Å². The number of amides is 2. The van der Waals surface area contributed by atoms with Crippen LogP contribution in [0, 0.1) is 13.8 Å². The Balaban J connectivity index is 1.67. The number of rotatable bonds is 4. The van der Waals surface area contributed by atoms with Crippen LogP contribution in [-0.4, -0.2) is 21.8 Å². The Morgan fingerprint density at radius 1 is 1.12 bits per heavy atom. The average Bonchev–Trinajstić information content (AvgIpc) is 3.23. The maximum absolute atomic E-state index is 12.2. The molecule has 0 aliphatic heterocycles. The summed E-state index contributed by atoms with van der Waals surface area (Å²) in [6.45, 7) is 3.94. The lowest BCUT2D eigenvalue weighted by Crippen LogP contribution is -2.42. The fraction of sp³-hybridized carbons (Fsp3) is 0.167. The molecule has 1 aromatic carbocycles. The summed E-state index contributed by atoms with van der Waals surface area (Å²) in [5, 5.41) is 0.897. The summed E-state index contributed by atoms with van der Waals surface area (Å²) in [4.78, 5) is 32.2. The van der Waals surface area contributed by atoms with Crippen LogP contribution in [0.3, 0.4) is 0 Å². The molecule has 2 amide bonds. The van der Waals surface area contributed by atoms with Crippen molar-refractivity contribution in [3.8, 4) is 11.3 Å². The van der Waals surface area contributed by atoms with Crippen molar-refractivity contribution < 1.29 is 9.59 Å². The van der Waals surface area contributed by atoms with E-state index in [0.29, 0.717) is 5.69 Å². The van der Waals surface area contributed by atoms with Gasteiger partial charge in [-0.25, -0.2) is 4.98 Å². The summed E-state index contributed by atoms with van der Waals surface area (Å²) < 4.78 is 0. The molecule has 25 heavy (non-hydrogen) atoms. The molecule has 0 unspecified atom stereocenters. The number of H-pyrrole nitrogens is 1. The summed E-state index contributed by atoms with van der Waals surface area (Å²) in [7, 11) is 0. The second-order valence-corrected chi connectivity index (χ2v) is 6.92. The van der Waals surface area contributed by atoms with Gasteiger partial charge in [0.25, 0.3) is 5.91 Å². The van der Waals surface area contributed by atoms with E-state index in [4.69, 9.17) is 0 Å². The fourth-order valence-corrected chi connectivity index (χ4v) is 3.34. The van der Waals surface area contributed by atoms with Crippen LogP contribution in [0.15, 0.2) is 42.6 Å². The van der Waals surface area contributed by atoms with E-state index in [9.17, 15) is 9.59 Å². The molecule has 7 heteroatoms. The van der Waals surface area contributed by atoms with E-state index in [1.54, 1.807) is 18.3 Å². The van der Waals surface area contributed by atoms with Gasteiger partial charge in [0.2, 0.25) is 5.91 Å². The number of nitrogens with one attached hydrogen (secondary N) is 3. The molecule has 0 fully saturated rings. The van der Waals surface area contributed by atoms with Gasteiger partial charge < -0.3 is 4.98 Å². The van der Waals surface area contributed by atoms with Gasteiger partial charge in [-0.1, -0.05) is 29.8 Å². The lowest BCUT2D eigenvalue weighted by molar-refractivity contribution is -0.121. The molecule has 0 saturated carbocycles. The number of benzene rings is 1. The van der Waals surface area contributed by atoms with Crippen molar-refractivity contribution in [1.82, 2.24) is 20.8 Å². The third kappa shape index (κ3) is 4.13. The van der Waals surface area contributed by atoms with E-state index in [1.165, 1.54) is 16.9 Å². The molecule has 0 aliphatic carbocycles. The number of carbonyl (C=O) groups is 2. The van der Waals surface area contributed by atoms with Gasteiger partial charge in [0, 0.05) is 16.6 Å². The molecule has 128 valence electrons. The topological polar surface area (TPSA) is 86.9 Å². The highest BCUT2D eigenvalue weighted by Gasteiger charge is 2.15. The van der Waals surface area contributed by atoms with Crippen LogP contribution in [-0.2, 0) is 11.2 Å². The zero-order valence-electron chi connectivity index (χ0n) is 13.9. The van der Waals surface area contributed by atoms with E-state index < -0.39 is 5.91 Å². The molecule has 0 spiro atoms. The standard InChI is InChI=1S/C18H18N4O2S/c1-11-5-7-13(8-6-11)17-15(25-12(2)20-17)10-16(23)21-22-18(24)14-4-3-9-19-14/h3-9,19H,10H2,1-2H3,(H,21,23)(H,22,24). The van der Waals surface area contributed by atoms with Crippen LogP contribution in [0.4, 0.5) is 0 Å². The van der Waals surface area contributed by atoms with Gasteiger partial charge in [0.05, 0.1) is 17.1 Å². The van der Waals surface area contributed by atoms with Crippen LogP contribution < -0.4 is 10.9 Å². The largest absolute Gasteiger partial charge is 0.357 e. The minimum absolute atomic E-state index is 0.153. The van der Waals surface area contributed by atoms with Crippen molar-refractivity contribution in [2.75, 3.05) is 0 Å². The molecule has 6 nitrogen and oxygen atoms in total. The maximum Gasteiger partial charge on any atom is 0.286 e. The molecule has 3 N–H and O–H groups in total. The summed E-state index contributed by atoms with van der Waals surface area (Å²) in [5.41, 5.74) is 8.17. The lowest BCUT2D eigenvalue weighted by Gasteiger charge is -2.07. The Hall–Kier alpha value is -2.93. The van der Waals surface area contributed by atoms with E-state index in [-0.39, 0.29) is 12.3 Å². The monoisotopic (exact) mass is 354 g/mol. The SMILES string of the molecule is Cc1ccc(-c2nc(C)sc2CC(=O)NNC(=O)c2ccc[nH]2)cc1. The number of aryl methyl sites for hydroxylation is 2. The number of aromatic amines is 1. The van der Waals surface area contributed by atoms with Crippen LogP contribution in [0.2, 0.25) is 0 Å². The van der Waals surface area contributed by atoms with Gasteiger partial charge in [-0.15, -0.1) is 11.3 Å².